The summed E-state index contributed by atoms with van der Waals surface area (Å²) in [5.41, 5.74) is 8.18. The van der Waals surface area contributed by atoms with Gasteiger partial charge in [-0.1, -0.05) is 12.1 Å². The summed E-state index contributed by atoms with van der Waals surface area (Å²) in [4.78, 5) is 0.205. The average Bonchev–Trinajstić information content (AvgIpc) is 2.40. The first-order valence-corrected chi connectivity index (χ1v) is 7.99. The van der Waals surface area contributed by atoms with Crippen molar-refractivity contribution in [3.63, 3.8) is 0 Å². The Labute approximate surface area is 124 Å². The van der Waals surface area contributed by atoms with Gasteiger partial charge in [0, 0.05) is 18.0 Å². The quantitative estimate of drug-likeness (QED) is 0.736. The lowest BCUT2D eigenvalue weighted by Crippen LogP contribution is -2.14. The Morgan fingerprint density at radius 3 is 2.38 bits per heavy atom. The van der Waals surface area contributed by atoms with Crippen LogP contribution < -0.4 is 10.5 Å². The number of sulfonamides is 1. The first-order valence-electron chi connectivity index (χ1n) is 6.51. The van der Waals surface area contributed by atoms with Gasteiger partial charge in [-0.3, -0.25) is 4.72 Å². The number of nitrogens with one attached hydrogen (secondary N) is 1. The van der Waals surface area contributed by atoms with Gasteiger partial charge in [0.2, 0.25) is 0 Å². The van der Waals surface area contributed by atoms with E-state index >= 15 is 0 Å². The number of hydrogen-bond donors (Lipinski definition) is 3. The van der Waals surface area contributed by atoms with Crippen LogP contribution in [0, 0.1) is 6.92 Å². The minimum atomic E-state index is -3.64. The van der Waals surface area contributed by atoms with E-state index in [2.05, 4.69) is 4.72 Å². The lowest BCUT2D eigenvalue weighted by molar-refractivity contribution is 0.299. The highest BCUT2D eigenvalue weighted by Crippen LogP contribution is 2.21. The number of hydrogen-bond acceptors (Lipinski definition) is 4. The van der Waals surface area contributed by atoms with Crippen molar-refractivity contribution in [2.24, 2.45) is 0 Å². The van der Waals surface area contributed by atoms with Crippen LogP contribution in [0.25, 0.3) is 0 Å². The summed E-state index contributed by atoms with van der Waals surface area (Å²) >= 11 is 0. The highest BCUT2D eigenvalue weighted by Gasteiger charge is 2.16. The topological polar surface area (TPSA) is 92.4 Å². The monoisotopic (exact) mass is 306 g/mol. The Morgan fingerprint density at radius 2 is 1.81 bits per heavy atom. The third-order valence-corrected chi connectivity index (χ3v) is 4.64. The maximum Gasteiger partial charge on any atom is 0.262 e. The Bertz CT molecular complexity index is 725. The zero-order chi connectivity index (χ0) is 15.5. The summed E-state index contributed by atoms with van der Waals surface area (Å²) < 4.78 is 27.2. The Morgan fingerprint density at radius 1 is 1.14 bits per heavy atom. The number of nitrogens with two attached hydrogens (primary N) is 1. The summed E-state index contributed by atoms with van der Waals surface area (Å²) in [6, 6.07) is 11.6. The molecule has 2 rings (SSSR count). The zero-order valence-corrected chi connectivity index (χ0v) is 12.5. The van der Waals surface area contributed by atoms with Gasteiger partial charge in [0.1, 0.15) is 0 Å². The Kier molecular flexibility index (Phi) is 4.50. The van der Waals surface area contributed by atoms with Crippen LogP contribution in [0.4, 0.5) is 11.4 Å². The lowest BCUT2D eigenvalue weighted by atomic mass is 10.1. The van der Waals surface area contributed by atoms with Crippen LogP contribution in [0.3, 0.4) is 0 Å². The second kappa shape index (κ2) is 6.15. The summed E-state index contributed by atoms with van der Waals surface area (Å²) in [5, 5.41) is 8.86. The molecular weight excluding hydrogens is 288 g/mol. The van der Waals surface area contributed by atoms with Gasteiger partial charge in [-0.2, -0.15) is 0 Å². The van der Waals surface area contributed by atoms with Crippen LogP contribution in [-0.4, -0.2) is 20.1 Å². The van der Waals surface area contributed by atoms with E-state index in [1.807, 2.05) is 0 Å². The van der Waals surface area contributed by atoms with Gasteiger partial charge in [0.25, 0.3) is 10.0 Å². The fraction of sp³-hybridized carbons (Fsp3) is 0.200. The van der Waals surface area contributed by atoms with Crippen LogP contribution in [0.15, 0.2) is 47.4 Å². The molecule has 0 saturated heterocycles. The second-order valence-corrected chi connectivity index (χ2v) is 6.45. The molecule has 0 fully saturated rings. The molecule has 0 saturated carbocycles. The third-order valence-electron chi connectivity index (χ3n) is 3.10. The molecule has 112 valence electrons. The first-order chi connectivity index (χ1) is 9.92. The summed E-state index contributed by atoms with van der Waals surface area (Å²) in [6.45, 7) is 1.77. The molecule has 0 aliphatic heterocycles. The Hall–Kier alpha value is -2.05. The van der Waals surface area contributed by atoms with Crippen molar-refractivity contribution < 1.29 is 13.5 Å². The van der Waals surface area contributed by atoms with Crippen LogP contribution in [0.2, 0.25) is 0 Å². The molecule has 0 amide bonds. The van der Waals surface area contributed by atoms with Crippen molar-refractivity contribution in [3.8, 4) is 0 Å². The SMILES string of the molecule is Cc1cc(N)ccc1S(=O)(=O)Nc1ccc(CCO)cc1. The molecule has 0 spiro atoms. The number of aliphatic hydroxyl groups excluding tert-OH is 1. The number of benzene rings is 2. The average molecular weight is 306 g/mol. The molecule has 2 aromatic carbocycles. The number of aryl methyl sites for hydroxylation is 1. The molecular formula is C15H18N2O3S. The minimum Gasteiger partial charge on any atom is -0.399 e. The Balaban J connectivity index is 2.24. The van der Waals surface area contributed by atoms with Crippen molar-refractivity contribution >= 4 is 21.4 Å². The molecule has 6 heteroatoms. The molecule has 0 aliphatic carbocycles. The van der Waals surface area contributed by atoms with E-state index in [0.717, 1.165) is 5.56 Å². The van der Waals surface area contributed by atoms with E-state index < -0.39 is 10.0 Å². The van der Waals surface area contributed by atoms with Gasteiger partial charge in [-0.05, 0) is 54.8 Å². The van der Waals surface area contributed by atoms with Crippen molar-refractivity contribution in [1.29, 1.82) is 0 Å². The number of nitrogen functional groups attached to an aromatic ring is 1. The molecule has 0 bridgehead atoms. The highest BCUT2D eigenvalue weighted by molar-refractivity contribution is 7.92. The van der Waals surface area contributed by atoms with E-state index in [-0.39, 0.29) is 11.5 Å². The van der Waals surface area contributed by atoms with Gasteiger partial charge >= 0.3 is 0 Å². The molecule has 21 heavy (non-hydrogen) atoms. The van der Waals surface area contributed by atoms with Crippen molar-refractivity contribution in [1.82, 2.24) is 0 Å². The molecule has 0 aliphatic rings. The van der Waals surface area contributed by atoms with Gasteiger partial charge < -0.3 is 10.8 Å². The number of rotatable bonds is 5. The largest absolute Gasteiger partial charge is 0.399 e. The standard InChI is InChI=1S/C15H18N2O3S/c1-11-10-13(16)4-7-15(11)21(19,20)17-14-5-2-12(3-6-14)8-9-18/h2-7,10,17-18H,8-9,16H2,1H3. The van der Waals surface area contributed by atoms with Gasteiger partial charge in [0.15, 0.2) is 0 Å². The van der Waals surface area contributed by atoms with E-state index in [1.54, 1.807) is 43.3 Å². The van der Waals surface area contributed by atoms with Crippen LogP contribution >= 0.6 is 0 Å². The number of aliphatic hydroxyl groups is 1. The third kappa shape index (κ3) is 3.74. The molecule has 4 N–H and O–H groups in total. The molecule has 5 nitrogen and oxygen atoms in total. The van der Waals surface area contributed by atoms with E-state index in [0.29, 0.717) is 23.4 Å². The van der Waals surface area contributed by atoms with E-state index in [4.69, 9.17) is 10.8 Å². The fourth-order valence-electron chi connectivity index (χ4n) is 2.05. The molecule has 0 atom stereocenters. The second-order valence-electron chi connectivity index (χ2n) is 4.80. The van der Waals surface area contributed by atoms with Crippen molar-refractivity contribution in [2.75, 3.05) is 17.1 Å². The summed E-state index contributed by atoms with van der Waals surface area (Å²) in [6.07, 6.45) is 0.546. The summed E-state index contributed by atoms with van der Waals surface area (Å²) in [7, 11) is -3.64. The normalized spacial score (nSPS) is 11.3. The predicted molar refractivity (Wildman–Crippen MR) is 83.6 cm³/mol. The zero-order valence-electron chi connectivity index (χ0n) is 11.7. The van der Waals surface area contributed by atoms with E-state index in [1.165, 1.54) is 6.07 Å². The van der Waals surface area contributed by atoms with Crippen LogP contribution in [-0.2, 0) is 16.4 Å². The molecule has 0 aromatic heterocycles. The van der Waals surface area contributed by atoms with Gasteiger partial charge in [-0.15, -0.1) is 0 Å². The van der Waals surface area contributed by atoms with Crippen LogP contribution in [0.1, 0.15) is 11.1 Å². The molecule has 0 radical (unpaired) electrons. The van der Waals surface area contributed by atoms with Gasteiger partial charge in [0.05, 0.1) is 4.90 Å². The smallest absolute Gasteiger partial charge is 0.262 e. The summed E-state index contributed by atoms with van der Waals surface area (Å²) in [5.74, 6) is 0. The molecule has 0 unspecified atom stereocenters. The molecule has 0 heterocycles. The maximum absolute atomic E-state index is 12.4. The lowest BCUT2D eigenvalue weighted by Gasteiger charge is -2.11. The van der Waals surface area contributed by atoms with Crippen molar-refractivity contribution in [2.45, 2.75) is 18.2 Å². The van der Waals surface area contributed by atoms with Crippen molar-refractivity contribution in [3.05, 3.63) is 53.6 Å². The van der Waals surface area contributed by atoms with Gasteiger partial charge in [-0.25, -0.2) is 8.42 Å². The first kappa shape index (κ1) is 15.3. The maximum atomic E-state index is 12.4. The fourth-order valence-corrected chi connectivity index (χ4v) is 3.34. The minimum absolute atomic E-state index is 0.0652. The predicted octanol–water partition coefficient (Wildman–Crippen LogP) is 1.91. The van der Waals surface area contributed by atoms with Crippen LogP contribution in [0.5, 0.6) is 0 Å². The number of anilines is 2. The van der Waals surface area contributed by atoms with E-state index in [9.17, 15) is 8.42 Å². The highest BCUT2D eigenvalue weighted by atomic mass is 32.2. The molecule has 2 aromatic rings.